The predicted octanol–water partition coefficient (Wildman–Crippen LogP) is 3.67. The molecule has 0 N–H and O–H groups in total. The number of benzene rings is 1. The highest BCUT2D eigenvalue weighted by atomic mass is 19.4. The second-order valence-electron chi connectivity index (χ2n) is 4.49. The number of alkyl halides is 5. The van der Waals surface area contributed by atoms with Crippen molar-refractivity contribution in [2.75, 3.05) is 0 Å². The third-order valence-corrected chi connectivity index (χ3v) is 3.10. The van der Waals surface area contributed by atoms with Gasteiger partial charge in [0, 0.05) is 12.8 Å². The average molecular weight is 277 g/mol. The Bertz CT molecular complexity index is 537. The Kier molecular flexibility index (Phi) is 2.97. The van der Waals surface area contributed by atoms with Crippen LogP contribution in [0.25, 0.3) is 0 Å². The molecule has 2 nitrogen and oxygen atoms in total. The minimum atomic E-state index is -4.69. The molecule has 0 spiro atoms. The van der Waals surface area contributed by atoms with E-state index in [9.17, 15) is 26.7 Å². The van der Waals surface area contributed by atoms with E-state index < -0.39 is 41.6 Å². The van der Waals surface area contributed by atoms with E-state index >= 15 is 0 Å². The van der Waals surface area contributed by atoms with Gasteiger partial charge >= 0.3 is 6.18 Å². The van der Waals surface area contributed by atoms with Crippen LogP contribution in [0.2, 0.25) is 0 Å². The zero-order valence-electron chi connectivity index (χ0n) is 9.47. The maximum absolute atomic E-state index is 13.0. The van der Waals surface area contributed by atoms with Gasteiger partial charge in [-0.2, -0.15) is 18.2 Å². The zero-order valence-corrected chi connectivity index (χ0v) is 9.47. The Morgan fingerprint density at radius 1 is 1.16 bits per heavy atom. The quantitative estimate of drug-likeness (QED) is 0.461. The van der Waals surface area contributed by atoms with E-state index in [0.717, 1.165) is 24.3 Å². The molecule has 0 radical (unpaired) electrons. The average Bonchev–Trinajstić information content (AvgIpc) is 2.25. The van der Waals surface area contributed by atoms with Crippen molar-refractivity contribution in [3.8, 4) is 0 Å². The number of hydrogen-bond donors (Lipinski definition) is 0. The number of rotatable bonds is 2. The SMILES string of the molecule is O=C=NC1(c2ccccc2C(F)(F)F)CC(F)(F)C1. The van der Waals surface area contributed by atoms with Crippen LogP contribution in [0, 0.1) is 0 Å². The second kappa shape index (κ2) is 4.13. The molecular weight excluding hydrogens is 269 g/mol. The van der Waals surface area contributed by atoms with Gasteiger partial charge in [0.2, 0.25) is 6.08 Å². The van der Waals surface area contributed by atoms with Gasteiger partial charge in [0.1, 0.15) is 5.54 Å². The zero-order chi connectivity index (χ0) is 14.3. The van der Waals surface area contributed by atoms with Crippen LogP contribution >= 0.6 is 0 Å². The van der Waals surface area contributed by atoms with E-state index in [4.69, 9.17) is 0 Å². The summed E-state index contributed by atoms with van der Waals surface area (Å²) in [6, 6.07) is 4.30. The van der Waals surface area contributed by atoms with Gasteiger partial charge in [0.25, 0.3) is 5.92 Å². The fourth-order valence-corrected chi connectivity index (χ4v) is 2.36. The second-order valence-corrected chi connectivity index (χ2v) is 4.49. The highest BCUT2D eigenvalue weighted by Crippen LogP contribution is 2.56. The van der Waals surface area contributed by atoms with Crippen molar-refractivity contribution in [1.29, 1.82) is 0 Å². The molecule has 1 saturated carbocycles. The van der Waals surface area contributed by atoms with E-state index in [-0.39, 0.29) is 0 Å². The van der Waals surface area contributed by atoms with Gasteiger partial charge in [-0.25, -0.2) is 13.6 Å². The summed E-state index contributed by atoms with van der Waals surface area (Å²) in [4.78, 5) is 13.6. The molecule has 2 rings (SSSR count). The molecule has 1 aliphatic carbocycles. The lowest BCUT2D eigenvalue weighted by Gasteiger charge is -2.44. The molecule has 7 heteroatoms. The third-order valence-electron chi connectivity index (χ3n) is 3.10. The lowest BCUT2D eigenvalue weighted by atomic mass is 9.68. The summed E-state index contributed by atoms with van der Waals surface area (Å²) >= 11 is 0. The molecule has 1 aromatic rings. The Morgan fingerprint density at radius 3 is 2.21 bits per heavy atom. The van der Waals surface area contributed by atoms with Gasteiger partial charge in [-0.05, 0) is 11.6 Å². The Morgan fingerprint density at radius 2 is 1.74 bits per heavy atom. The molecule has 0 saturated heterocycles. The molecule has 0 atom stereocenters. The maximum Gasteiger partial charge on any atom is 0.416 e. The Labute approximate surface area is 104 Å². The molecule has 102 valence electrons. The standard InChI is InChI=1S/C12H8F5NO/c13-11(14)5-10(6-11,18-7-19)8-3-1-2-4-9(8)12(15,16)17/h1-4H,5-6H2. The normalized spacial score (nSPS) is 20.3. The fraction of sp³-hybridized carbons (Fsp3) is 0.417. The fourth-order valence-electron chi connectivity index (χ4n) is 2.36. The lowest BCUT2D eigenvalue weighted by Crippen LogP contribution is -2.48. The van der Waals surface area contributed by atoms with Crippen LogP contribution in [0.3, 0.4) is 0 Å². The molecule has 0 bridgehead atoms. The number of aliphatic imine (C=N–C) groups is 1. The predicted molar refractivity (Wildman–Crippen MR) is 55.4 cm³/mol. The molecule has 19 heavy (non-hydrogen) atoms. The summed E-state index contributed by atoms with van der Waals surface area (Å²) in [5.74, 6) is -3.11. The summed E-state index contributed by atoms with van der Waals surface area (Å²) in [7, 11) is 0. The first-order valence-corrected chi connectivity index (χ1v) is 5.34. The first kappa shape index (κ1) is 13.7. The molecule has 0 amide bonds. The number of hydrogen-bond acceptors (Lipinski definition) is 2. The van der Waals surface area contributed by atoms with Crippen LogP contribution in [0.4, 0.5) is 22.0 Å². The molecule has 0 unspecified atom stereocenters. The minimum Gasteiger partial charge on any atom is -0.211 e. The van der Waals surface area contributed by atoms with Crippen LogP contribution < -0.4 is 0 Å². The van der Waals surface area contributed by atoms with E-state index in [2.05, 4.69) is 4.99 Å². The Hall–Kier alpha value is -1.75. The smallest absolute Gasteiger partial charge is 0.211 e. The summed E-state index contributed by atoms with van der Waals surface area (Å²) in [5, 5.41) is 0. The van der Waals surface area contributed by atoms with Crippen LogP contribution in [-0.2, 0) is 16.5 Å². The lowest BCUT2D eigenvalue weighted by molar-refractivity contribution is -0.147. The van der Waals surface area contributed by atoms with E-state index in [0.29, 0.717) is 0 Å². The van der Waals surface area contributed by atoms with E-state index in [1.165, 1.54) is 6.07 Å². The van der Waals surface area contributed by atoms with Gasteiger partial charge in [-0.3, -0.25) is 0 Å². The van der Waals surface area contributed by atoms with Gasteiger partial charge in [-0.15, -0.1) is 0 Å². The molecule has 1 aliphatic rings. The molecule has 1 aromatic carbocycles. The van der Waals surface area contributed by atoms with Crippen molar-refractivity contribution >= 4 is 6.08 Å². The maximum atomic E-state index is 13.0. The first-order chi connectivity index (χ1) is 8.70. The minimum absolute atomic E-state index is 0.406. The monoisotopic (exact) mass is 277 g/mol. The van der Waals surface area contributed by atoms with E-state index in [1.807, 2.05) is 0 Å². The molecule has 0 heterocycles. The highest BCUT2D eigenvalue weighted by molar-refractivity contribution is 5.44. The number of halogens is 5. The number of isocyanates is 1. The number of nitrogens with zero attached hydrogens (tertiary/aromatic N) is 1. The van der Waals surface area contributed by atoms with Crippen LogP contribution in [0.5, 0.6) is 0 Å². The van der Waals surface area contributed by atoms with Crippen molar-refractivity contribution in [2.24, 2.45) is 4.99 Å². The van der Waals surface area contributed by atoms with Crippen molar-refractivity contribution in [1.82, 2.24) is 0 Å². The van der Waals surface area contributed by atoms with Crippen molar-refractivity contribution in [3.05, 3.63) is 35.4 Å². The molecule has 0 aliphatic heterocycles. The topological polar surface area (TPSA) is 29.4 Å². The van der Waals surface area contributed by atoms with Crippen LogP contribution in [-0.4, -0.2) is 12.0 Å². The largest absolute Gasteiger partial charge is 0.416 e. The number of carbonyl (C=O) groups excluding carboxylic acids is 1. The van der Waals surface area contributed by atoms with Crippen LogP contribution in [0.1, 0.15) is 24.0 Å². The third kappa shape index (κ3) is 2.38. The van der Waals surface area contributed by atoms with Gasteiger partial charge < -0.3 is 0 Å². The summed E-state index contributed by atoms with van der Waals surface area (Å²) in [6.07, 6.45) is -5.42. The van der Waals surface area contributed by atoms with E-state index in [1.54, 1.807) is 0 Å². The molecule has 0 aromatic heterocycles. The molecule has 1 fully saturated rings. The highest BCUT2D eigenvalue weighted by Gasteiger charge is 2.59. The molecular formula is C12H8F5NO. The van der Waals surface area contributed by atoms with Crippen LogP contribution in [0.15, 0.2) is 29.3 Å². The van der Waals surface area contributed by atoms with Crippen molar-refractivity contribution in [3.63, 3.8) is 0 Å². The van der Waals surface area contributed by atoms with Crippen molar-refractivity contribution in [2.45, 2.75) is 30.5 Å². The summed E-state index contributed by atoms with van der Waals surface area (Å²) < 4.78 is 64.5. The van der Waals surface area contributed by atoms with Gasteiger partial charge in [-0.1, -0.05) is 18.2 Å². The summed E-state index contributed by atoms with van der Waals surface area (Å²) in [6.45, 7) is 0. The van der Waals surface area contributed by atoms with Gasteiger partial charge in [0.15, 0.2) is 0 Å². The van der Waals surface area contributed by atoms with Gasteiger partial charge in [0.05, 0.1) is 5.56 Å². The van der Waals surface area contributed by atoms with Crippen molar-refractivity contribution < 1.29 is 26.7 Å². The Balaban J connectivity index is 2.54. The summed E-state index contributed by atoms with van der Waals surface area (Å²) in [5.41, 5.74) is -3.28. The first-order valence-electron chi connectivity index (χ1n) is 5.34.